The highest BCUT2D eigenvalue weighted by Crippen LogP contribution is 2.48. The molecule has 0 bridgehead atoms. The summed E-state index contributed by atoms with van der Waals surface area (Å²) in [5, 5.41) is 4.30. The van der Waals surface area contributed by atoms with E-state index in [1.54, 1.807) is 0 Å². The molecule has 3 fully saturated rings. The molecule has 72 heavy (non-hydrogen) atoms. The van der Waals surface area contributed by atoms with Gasteiger partial charge >= 0.3 is 17.9 Å². The van der Waals surface area contributed by atoms with Crippen LogP contribution in [0.3, 0.4) is 0 Å². The number of aromatic nitrogens is 3. The van der Waals surface area contributed by atoms with E-state index in [9.17, 15) is 14.4 Å². The summed E-state index contributed by atoms with van der Waals surface area (Å²) < 4.78 is 16.0. The number of fused-ring (bicyclic) bond motifs is 6. The molecule has 6 aliphatic rings. The van der Waals surface area contributed by atoms with Gasteiger partial charge in [-0.05, 0) is 129 Å². The predicted molar refractivity (Wildman–Crippen MR) is 285 cm³/mol. The highest BCUT2D eigenvalue weighted by atomic mass is 16.5. The first-order chi connectivity index (χ1) is 35.0. The molecule has 3 aromatic heterocycles. The summed E-state index contributed by atoms with van der Waals surface area (Å²) in [4.78, 5) is 51.9. The Morgan fingerprint density at radius 3 is 1.03 bits per heavy atom. The van der Waals surface area contributed by atoms with Crippen molar-refractivity contribution in [1.29, 1.82) is 0 Å². The number of nitrogens with zero attached hydrogens (tertiary/aromatic N) is 3. The van der Waals surface area contributed by atoms with Crippen LogP contribution in [-0.4, -0.2) is 125 Å². The number of H-pyrrole nitrogens is 3. The molecular formula is C60H78N6O6. The third kappa shape index (κ3) is 10.2. The van der Waals surface area contributed by atoms with Crippen molar-refractivity contribution in [3.05, 3.63) is 107 Å². The fraction of sp³-hybridized carbons (Fsp3) is 0.550. The van der Waals surface area contributed by atoms with E-state index in [1.165, 1.54) is 86.9 Å². The first kappa shape index (κ1) is 50.1. The summed E-state index contributed by atoms with van der Waals surface area (Å²) in [7, 11) is 0. The molecule has 3 saturated heterocycles. The number of carbonyl (C=O) groups excluding carboxylic acids is 3. The predicted octanol–water partition coefficient (Wildman–Crippen LogP) is 10.4. The lowest BCUT2D eigenvalue weighted by atomic mass is 9.72. The zero-order chi connectivity index (χ0) is 50.0. The quantitative estimate of drug-likeness (QED) is 0.0809. The Morgan fingerprint density at radius 2 is 0.764 bits per heavy atom. The van der Waals surface area contributed by atoms with Crippen LogP contribution in [-0.2, 0) is 47.9 Å². The Morgan fingerprint density at radius 1 is 0.472 bits per heavy atom. The number of benzene rings is 3. The molecule has 3 aliphatic carbocycles. The summed E-state index contributed by atoms with van der Waals surface area (Å²) in [5.74, 6) is 2.40. The topological polar surface area (TPSA) is 136 Å². The fourth-order valence-corrected chi connectivity index (χ4v) is 14.4. The third-order valence-corrected chi connectivity index (χ3v) is 17.1. The zero-order valence-corrected chi connectivity index (χ0v) is 43.6. The standard InChI is InChI=1S/3C20H26N2O2/c3*1-3-7-22-11-14(12-24-13(2)23)8-17-16-5-4-6-18-20(16)15(10-21-18)9-19(17)22/h3*4-6,10,14,17,19,21H,3,7-9,11-12H2,1-2H3/t3*14-,17-,19-/m111/s1. The summed E-state index contributed by atoms with van der Waals surface area (Å²) >= 11 is 0. The van der Waals surface area contributed by atoms with Crippen molar-refractivity contribution in [2.24, 2.45) is 17.8 Å². The molecule has 0 spiro atoms. The lowest BCUT2D eigenvalue weighted by molar-refractivity contribution is -0.144. The first-order valence-electron chi connectivity index (χ1n) is 27.4. The number of aromatic amines is 3. The van der Waals surface area contributed by atoms with Gasteiger partial charge in [0, 0.05) is 145 Å². The molecule has 12 heteroatoms. The van der Waals surface area contributed by atoms with Crippen LogP contribution >= 0.6 is 0 Å². The molecule has 0 saturated carbocycles. The Kier molecular flexibility index (Phi) is 15.3. The van der Waals surface area contributed by atoms with E-state index in [4.69, 9.17) is 14.2 Å². The number of esters is 3. The minimum Gasteiger partial charge on any atom is -0.466 e. The molecule has 3 N–H and O–H groups in total. The van der Waals surface area contributed by atoms with Crippen LogP contribution in [0.2, 0.25) is 0 Å². The van der Waals surface area contributed by atoms with Crippen molar-refractivity contribution in [2.75, 3.05) is 59.1 Å². The summed E-state index contributed by atoms with van der Waals surface area (Å²) in [6.45, 7) is 19.4. The van der Waals surface area contributed by atoms with E-state index in [0.717, 1.165) is 97.1 Å². The average molecular weight is 979 g/mol. The number of nitrogens with one attached hydrogen (secondary N) is 3. The smallest absolute Gasteiger partial charge is 0.302 e. The van der Waals surface area contributed by atoms with Crippen LogP contribution in [0.4, 0.5) is 0 Å². The van der Waals surface area contributed by atoms with Crippen LogP contribution in [0.25, 0.3) is 32.7 Å². The Labute approximate surface area is 425 Å². The highest BCUT2D eigenvalue weighted by Gasteiger charge is 2.43. The van der Waals surface area contributed by atoms with Crippen molar-refractivity contribution in [1.82, 2.24) is 29.7 Å². The van der Waals surface area contributed by atoms with Crippen LogP contribution in [0.15, 0.2) is 73.2 Å². The molecule has 6 aromatic rings. The second-order valence-electron chi connectivity index (χ2n) is 22.1. The molecule has 12 nitrogen and oxygen atoms in total. The number of piperidine rings is 3. The largest absolute Gasteiger partial charge is 0.466 e. The number of likely N-dealkylation sites (tertiary alicyclic amines) is 3. The van der Waals surface area contributed by atoms with Crippen LogP contribution in [0.5, 0.6) is 0 Å². The van der Waals surface area contributed by atoms with Gasteiger partial charge in [-0.3, -0.25) is 29.1 Å². The molecule has 384 valence electrons. The molecule has 9 atom stereocenters. The molecule has 12 rings (SSSR count). The molecule has 6 heterocycles. The Hall–Kier alpha value is -5.43. The van der Waals surface area contributed by atoms with Crippen LogP contribution < -0.4 is 0 Å². The number of carbonyl (C=O) groups is 3. The first-order valence-corrected chi connectivity index (χ1v) is 27.4. The van der Waals surface area contributed by atoms with E-state index >= 15 is 0 Å². The van der Waals surface area contributed by atoms with Gasteiger partial charge in [0.15, 0.2) is 0 Å². The minimum atomic E-state index is -0.169. The van der Waals surface area contributed by atoms with Gasteiger partial charge in [-0.1, -0.05) is 57.2 Å². The molecule has 0 radical (unpaired) electrons. The maximum Gasteiger partial charge on any atom is 0.302 e. The van der Waals surface area contributed by atoms with E-state index in [2.05, 4.69) is 124 Å². The Balaban J connectivity index is 0.000000124. The monoisotopic (exact) mass is 979 g/mol. The van der Waals surface area contributed by atoms with Gasteiger partial charge in [0.05, 0.1) is 19.8 Å². The normalized spacial score (nSPS) is 26.3. The van der Waals surface area contributed by atoms with Crippen molar-refractivity contribution in [2.45, 2.75) is 135 Å². The maximum atomic E-state index is 11.2. The fourth-order valence-electron chi connectivity index (χ4n) is 14.4. The van der Waals surface area contributed by atoms with Gasteiger partial charge in [0.2, 0.25) is 0 Å². The van der Waals surface area contributed by atoms with E-state index in [1.807, 2.05) is 0 Å². The summed E-state index contributed by atoms with van der Waals surface area (Å²) in [6.07, 6.45) is 16.8. The lowest BCUT2D eigenvalue weighted by Gasteiger charge is -2.47. The molecular weight excluding hydrogens is 901 g/mol. The number of hydrogen-bond donors (Lipinski definition) is 3. The second-order valence-corrected chi connectivity index (χ2v) is 22.1. The average Bonchev–Trinajstić information content (AvgIpc) is 4.12. The molecule has 0 amide bonds. The van der Waals surface area contributed by atoms with Gasteiger partial charge in [0.1, 0.15) is 0 Å². The van der Waals surface area contributed by atoms with Crippen molar-refractivity contribution in [3.63, 3.8) is 0 Å². The van der Waals surface area contributed by atoms with Gasteiger partial charge < -0.3 is 29.2 Å². The summed E-state index contributed by atoms with van der Waals surface area (Å²) in [5.41, 5.74) is 12.6. The van der Waals surface area contributed by atoms with E-state index in [-0.39, 0.29) is 17.9 Å². The number of ether oxygens (including phenoxy) is 3. The molecule has 3 aromatic carbocycles. The van der Waals surface area contributed by atoms with E-state index in [0.29, 0.717) is 73.5 Å². The SMILES string of the molecule is CCCN1C[C@H](COC(C)=O)C[C@@H]2c3cccc4[nH]cc(c34)C[C@H]21.CCCN1C[C@H](COC(C)=O)C[C@@H]2c3cccc4[nH]cc(c34)C[C@H]21.CCCN1C[C@H](COC(C)=O)C[C@@H]2c3cccc4[nH]cc(c34)C[C@H]21. The minimum absolute atomic E-state index is 0.169. The lowest BCUT2D eigenvalue weighted by Crippen LogP contribution is -2.51. The van der Waals surface area contributed by atoms with Gasteiger partial charge in [-0.2, -0.15) is 0 Å². The van der Waals surface area contributed by atoms with Crippen molar-refractivity contribution >= 4 is 50.6 Å². The second kappa shape index (κ2) is 22.0. The summed E-state index contributed by atoms with van der Waals surface area (Å²) in [6, 6.07) is 21.6. The van der Waals surface area contributed by atoms with Crippen molar-refractivity contribution < 1.29 is 28.6 Å². The molecule has 3 aliphatic heterocycles. The number of hydrogen-bond acceptors (Lipinski definition) is 9. The zero-order valence-electron chi connectivity index (χ0n) is 43.6. The highest BCUT2D eigenvalue weighted by molar-refractivity contribution is 5.90. The molecule has 0 unspecified atom stereocenters. The van der Waals surface area contributed by atoms with Crippen LogP contribution in [0, 0.1) is 17.8 Å². The Bertz CT molecular complexity index is 2560. The third-order valence-electron chi connectivity index (χ3n) is 17.1. The van der Waals surface area contributed by atoms with Crippen LogP contribution in [0.1, 0.15) is 131 Å². The van der Waals surface area contributed by atoms with Crippen molar-refractivity contribution in [3.8, 4) is 0 Å². The van der Waals surface area contributed by atoms with E-state index < -0.39 is 0 Å². The van der Waals surface area contributed by atoms with Gasteiger partial charge in [0.25, 0.3) is 0 Å². The van der Waals surface area contributed by atoms with Gasteiger partial charge in [-0.25, -0.2) is 0 Å². The van der Waals surface area contributed by atoms with Gasteiger partial charge in [-0.15, -0.1) is 0 Å². The number of rotatable bonds is 12. The maximum absolute atomic E-state index is 11.2.